The number of rotatable bonds is 7. The SMILES string of the molecule is CN(Cc1cccc(F)c1)C(=O)COC(=O)C1CCN(S(=O)(=O)c2ccccc2)CC1. The van der Waals surface area contributed by atoms with Crippen LogP contribution in [0.2, 0.25) is 0 Å². The van der Waals surface area contributed by atoms with Crippen LogP contribution in [0.4, 0.5) is 4.39 Å². The maximum Gasteiger partial charge on any atom is 0.309 e. The third-order valence-corrected chi connectivity index (χ3v) is 7.15. The number of hydrogen-bond donors (Lipinski definition) is 0. The number of amides is 1. The summed E-state index contributed by atoms with van der Waals surface area (Å²) in [5, 5.41) is 0. The van der Waals surface area contributed by atoms with Crippen molar-refractivity contribution in [1.29, 1.82) is 0 Å². The molecule has 31 heavy (non-hydrogen) atoms. The molecule has 1 aliphatic rings. The molecule has 1 saturated heterocycles. The fourth-order valence-electron chi connectivity index (χ4n) is 3.43. The number of carbonyl (C=O) groups is 2. The Hall–Kier alpha value is -2.78. The molecular weight excluding hydrogens is 423 g/mol. The van der Waals surface area contributed by atoms with Gasteiger partial charge in [0.2, 0.25) is 10.0 Å². The van der Waals surface area contributed by atoms with Crippen LogP contribution in [0.1, 0.15) is 18.4 Å². The summed E-state index contributed by atoms with van der Waals surface area (Å²) in [6.45, 7) is 0.214. The lowest BCUT2D eigenvalue weighted by atomic mass is 9.98. The van der Waals surface area contributed by atoms with Crippen LogP contribution in [-0.2, 0) is 30.9 Å². The molecule has 1 heterocycles. The van der Waals surface area contributed by atoms with Crippen molar-refractivity contribution in [1.82, 2.24) is 9.21 Å². The fraction of sp³-hybridized carbons (Fsp3) is 0.364. The van der Waals surface area contributed by atoms with E-state index in [1.54, 1.807) is 49.5 Å². The Morgan fingerprint density at radius 2 is 1.77 bits per heavy atom. The highest BCUT2D eigenvalue weighted by Crippen LogP contribution is 2.24. The largest absolute Gasteiger partial charge is 0.455 e. The molecule has 1 fully saturated rings. The number of carbonyl (C=O) groups excluding carboxylic acids is 2. The van der Waals surface area contributed by atoms with Crippen LogP contribution in [0.5, 0.6) is 0 Å². The van der Waals surface area contributed by atoms with E-state index in [2.05, 4.69) is 0 Å². The molecule has 0 unspecified atom stereocenters. The zero-order chi connectivity index (χ0) is 22.4. The molecule has 2 aromatic carbocycles. The molecule has 166 valence electrons. The van der Waals surface area contributed by atoms with Crippen molar-refractivity contribution in [2.45, 2.75) is 24.3 Å². The topological polar surface area (TPSA) is 84.0 Å². The Bertz CT molecular complexity index is 1020. The van der Waals surface area contributed by atoms with E-state index in [4.69, 9.17) is 4.74 Å². The lowest BCUT2D eigenvalue weighted by molar-refractivity contribution is -0.156. The van der Waals surface area contributed by atoms with E-state index in [0.717, 1.165) is 0 Å². The molecule has 0 radical (unpaired) electrons. The second-order valence-electron chi connectivity index (χ2n) is 7.48. The quantitative estimate of drug-likeness (QED) is 0.608. The van der Waals surface area contributed by atoms with Gasteiger partial charge in [-0.05, 0) is 42.7 Å². The van der Waals surface area contributed by atoms with E-state index in [9.17, 15) is 22.4 Å². The molecule has 7 nitrogen and oxygen atoms in total. The molecule has 0 aliphatic carbocycles. The van der Waals surface area contributed by atoms with Crippen LogP contribution >= 0.6 is 0 Å². The van der Waals surface area contributed by atoms with Gasteiger partial charge < -0.3 is 9.64 Å². The van der Waals surface area contributed by atoms with Gasteiger partial charge in [0.25, 0.3) is 5.91 Å². The molecular formula is C22H25FN2O5S. The third-order valence-electron chi connectivity index (χ3n) is 5.24. The van der Waals surface area contributed by atoms with Gasteiger partial charge in [-0.15, -0.1) is 0 Å². The highest BCUT2D eigenvalue weighted by Gasteiger charge is 2.33. The number of ether oxygens (including phenoxy) is 1. The van der Waals surface area contributed by atoms with Crippen molar-refractivity contribution in [2.24, 2.45) is 5.92 Å². The Morgan fingerprint density at radius 3 is 2.42 bits per heavy atom. The van der Waals surface area contributed by atoms with Crippen molar-refractivity contribution in [3.05, 3.63) is 66.0 Å². The molecule has 9 heteroatoms. The molecule has 1 aliphatic heterocycles. The summed E-state index contributed by atoms with van der Waals surface area (Å²) < 4.78 is 45.1. The number of nitrogens with zero attached hydrogens (tertiary/aromatic N) is 2. The van der Waals surface area contributed by atoms with Crippen LogP contribution in [0.15, 0.2) is 59.5 Å². The van der Waals surface area contributed by atoms with Crippen LogP contribution in [0, 0.1) is 11.7 Å². The van der Waals surface area contributed by atoms with Crippen molar-refractivity contribution >= 4 is 21.9 Å². The number of sulfonamides is 1. The zero-order valence-corrected chi connectivity index (χ0v) is 18.1. The minimum atomic E-state index is -3.59. The van der Waals surface area contributed by atoms with E-state index in [1.165, 1.54) is 21.3 Å². The van der Waals surface area contributed by atoms with E-state index < -0.39 is 34.4 Å². The number of benzene rings is 2. The highest BCUT2D eigenvalue weighted by molar-refractivity contribution is 7.89. The maximum atomic E-state index is 13.3. The molecule has 0 aromatic heterocycles. The summed E-state index contributed by atoms with van der Waals surface area (Å²) in [5.74, 6) is -1.75. The highest BCUT2D eigenvalue weighted by atomic mass is 32.2. The average molecular weight is 449 g/mol. The van der Waals surface area contributed by atoms with Crippen molar-refractivity contribution < 1.29 is 27.1 Å². The molecule has 3 rings (SSSR count). The van der Waals surface area contributed by atoms with Crippen LogP contribution < -0.4 is 0 Å². The lowest BCUT2D eigenvalue weighted by Crippen LogP contribution is -2.41. The van der Waals surface area contributed by atoms with Crippen LogP contribution in [0.3, 0.4) is 0 Å². The van der Waals surface area contributed by atoms with Gasteiger partial charge in [0.1, 0.15) is 5.82 Å². The number of esters is 1. The first-order valence-electron chi connectivity index (χ1n) is 9.97. The standard InChI is InChI=1S/C22H25FN2O5S/c1-24(15-17-6-5-7-19(23)14-17)21(26)16-30-22(27)18-10-12-25(13-11-18)31(28,29)20-8-3-2-4-9-20/h2-9,14,18H,10-13,15-16H2,1H3. The van der Waals surface area contributed by atoms with E-state index >= 15 is 0 Å². The van der Waals surface area contributed by atoms with Gasteiger partial charge in [0, 0.05) is 26.7 Å². The van der Waals surface area contributed by atoms with Crippen LogP contribution in [0.25, 0.3) is 0 Å². The fourth-order valence-corrected chi connectivity index (χ4v) is 4.92. The van der Waals surface area contributed by atoms with Crippen molar-refractivity contribution in [3.8, 4) is 0 Å². The number of halogens is 1. The Labute approximate surface area is 181 Å². The van der Waals surface area contributed by atoms with Gasteiger partial charge in [-0.2, -0.15) is 4.31 Å². The molecule has 2 aromatic rings. The summed E-state index contributed by atoms with van der Waals surface area (Å²) >= 11 is 0. The second-order valence-corrected chi connectivity index (χ2v) is 9.42. The molecule has 0 bridgehead atoms. The molecule has 0 spiro atoms. The molecule has 1 amide bonds. The summed E-state index contributed by atoms with van der Waals surface area (Å²) in [6.07, 6.45) is 0.663. The van der Waals surface area contributed by atoms with Gasteiger partial charge in [-0.25, -0.2) is 12.8 Å². The second kappa shape index (κ2) is 10.0. The number of likely N-dealkylation sites (N-methyl/N-ethyl adjacent to an activating group) is 1. The zero-order valence-electron chi connectivity index (χ0n) is 17.2. The third kappa shape index (κ3) is 5.89. The van der Waals surface area contributed by atoms with E-state index in [-0.39, 0.29) is 30.3 Å². The predicted octanol–water partition coefficient (Wildman–Crippen LogP) is 2.43. The Kier molecular flexibility index (Phi) is 7.40. The molecule has 0 atom stereocenters. The van der Waals surface area contributed by atoms with Gasteiger partial charge in [-0.3, -0.25) is 9.59 Å². The maximum absolute atomic E-state index is 13.3. The summed E-state index contributed by atoms with van der Waals surface area (Å²) in [5.41, 5.74) is 0.633. The van der Waals surface area contributed by atoms with Gasteiger partial charge in [0.15, 0.2) is 6.61 Å². The first-order chi connectivity index (χ1) is 14.8. The number of hydrogen-bond acceptors (Lipinski definition) is 5. The first kappa shape index (κ1) is 22.9. The Balaban J connectivity index is 1.46. The molecule has 0 N–H and O–H groups in total. The predicted molar refractivity (Wildman–Crippen MR) is 112 cm³/mol. The summed E-state index contributed by atoms with van der Waals surface area (Å²) in [7, 11) is -2.04. The van der Waals surface area contributed by atoms with Crippen LogP contribution in [-0.4, -0.2) is 56.2 Å². The minimum Gasteiger partial charge on any atom is -0.455 e. The summed E-state index contributed by atoms with van der Waals surface area (Å²) in [4.78, 5) is 26.2. The van der Waals surface area contributed by atoms with Gasteiger partial charge >= 0.3 is 5.97 Å². The van der Waals surface area contributed by atoms with Gasteiger partial charge in [-0.1, -0.05) is 30.3 Å². The smallest absolute Gasteiger partial charge is 0.309 e. The molecule has 0 saturated carbocycles. The van der Waals surface area contributed by atoms with Gasteiger partial charge in [0.05, 0.1) is 10.8 Å². The first-order valence-corrected chi connectivity index (χ1v) is 11.4. The lowest BCUT2D eigenvalue weighted by Gasteiger charge is -2.30. The van der Waals surface area contributed by atoms with E-state index in [0.29, 0.717) is 18.4 Å². The summed E-state index contributed by atoms with van der Waals surface area (Å²) in [6, 6.07) is 14.1. The van der Waals surface area contributed by atoms with E-state index in [1.807, 2.05) is 0 Å². The monoisotopic (exact) mass is 448 g/mol. The number of piperidine rings is 1. The normalized spacial score (nSPS) is 15.4. The average Bonchev–Trinajstić information content (AvgIpc) is 2.78. The Morgan fingerprint density at radius 1 is 1.10 bits per heavy atom. The van der Waals surface area contributed by atoms with Crippen molar-refractivity contribution in [2.75, 3.05) is 26.7 Å². The van der Waals surface area contributed by atoms with Crippen molar-refractivity contribution in [3.63, 3.8) is 0 Å². The minimum absolute atomic E-state index is 0.198.